The number of nitrogens with one attached hydrogen (secondary N) is 2. The summed E-state index contributed by atoms with van der Waals surface area (Å²) in [7, 11) is 1.37. The van der Waals surface area contributed by atoms with E-state index >= 15 is 0 Å². The van der Waals surface area contributed by atoms with E-state index in [4.69, 9.17) is 0 Å². The Labute approximate surface area is 161 Å². The summed E-state index contributed by atoms with van der Waals surface area (Å²) in [5.74, 6) is -0.112. The first-order valence-corrected chi connectivity index (χ1v) is 10.5. The highest BCUT2D eigenvalue weighted by Gasteiger charge is 2.31. The molecule has 0 aliphatic carbocycles. The number of amides is 2. The van der Waals surface area contributed by atoms with Crippen molar-refractivity contribution in [2.75, 3.05) is 40.8 Å². The Morgan fingerprint density at radius 3 is 2.48 bits per heavy atom. The van der Waals surface area contributed by atoms with Gasteiger partial charge in [0.25, 0.3) is 5.91 Å². The quantitative estimate of drug-likeness (QED) is 0.615. The Hall–Kier alpha value is -1.97. The molecule has 2 rings (SSSR count). The van der Waals surface area contributed by atoms with Crippen molar-refractivity contribution in [2.24, 2.45) is 0 Å². The molecule has 1 aliphatic rings. The van der Waals surface area contributed by atoms with Crippen molar-refractivity contribution in [3.63, 3.8) is 0 Å². The molecule has 8 nitrogen and oxygen atoms in total. The van der Waals surface area contributed by atoms with Gasteiger partial charge in [-0.05, 0) is 57.1 Å². The average Bonchev–Trinajstić information content (AvgIpc) is 3.12. The van der Waals surface area contributed by atoms with Crippen LogP contribution in [0.4, 0.5) is 0 Å². The molecule has 9 heteroatoms. The molecule has 1 fully saturated rings. The standard InChI is InChI=1S/C18H28N4O4S/c1-19-27(25,26)15-9-7-14(8-10-15)17(23)20-11-5-13-22-12-4-6-16(22)18(24)21(2)3/h7-10,16,19H,4-6,11-13H2,1-3H3,(H,20,23). The van der Waals surface area contributed by atoms with Gasteiger partial charge in [0, 0.05) is 32.7 Å². The lowest BCUT2D eigenvalue weighted by Crippen LogP contribution is -2.43. The molecule has 150 valence electrons. The minimum absolute atomic E-state index is 0.0580. The second kappa shape index (κ2) is 9.29. The zero-order chi connectivity index (χ0) is 20.0. The zero-order valence-corrected chi connectivity index (χ0v) is 16.9. The van der Waals surface area contributed by atoms with Crippen molar-refractivity contribution >= 4 is 21.8 Å². The molecule has 1 unspecified atom stereocenters. The van der Waals surface area contributed by atoms with E-state index in [2.05, 4.69) is 14.9 Å². The molecule has 0 spiro atoms. The van der Waals surface area contributed by atoms with Crippen LogP contribution >= 0.6 is 0 Å². The fourth-order valence-electron chi connectivity index (χ4n) is 3.16. The number of sulfonamides is 1. The van der Waals surface area contributed by atoms with E-state index in [1.807, 2.05) is 0 Å². The molecule has 1 heterocycles. The fraction of sp³-hybridized carbons (Fsp3) is 0.556. The molecular formula is C18H28N4O4S. The SMILES string of the molecule is CNS(=O)(=O)c1ccc(C(=O)NCCCN2CCCC2C(=O)N(C)C)cc1. The summed E-state index contributed by atoms with van der Waals surface area (Å²) in [5.41, 5.74) is 0.409. The summed E-state index contributed by atoms with van der Waals surface area (Å²) in [6.45, 7) is 2.15. The van der Waals surface area contributed by atoms with E-state index in [0.717, 1.165) is 32.4 Å². The maximum atomic E-state index is 12.2. The van der Waals surface area contributed by atoms with E-state index in [1.54, 1.807) is 19.0 Å². The first-order valence-electron chi connectivity index (χ1n) is 9.03. The van der Waals surface area contributed by atoms with Crippen LogP contribution in [0.15, 0.2) is 29.2 Å². The van der Waals surface area contributed by atoms with Gasteiger partial charge in [-0.1, -0.05) is 0 Å². The van der Waals surface area contributed by atoms with Crippen molar-refractivity contribution in [3.8, 4) is 0 Å². The molecule has 1 atom stereocenters. The van der Waals surface area contributed by atoms with E-state index in [0.29, 0.717) is 12.1 Å². The molecule has 0 bridgehead atoms. The number of likely N-dealkylation sites (tertiary alicyclic amines) is 1. The van der Waals surface area contributed by atoms with Crippen LogP contribution in [-0.4, -0.2) is 76.9 Å². The van der Waals surface area contributed by atoms with Crippen LogP contribution in [0.1, 0.15) is 29.6 Å². The third-order valence-corrected chi connectivity index (χ3v) is 6.12. The zero-order valence-electron chi connectivity index (χ0n) is 16.1. The summed E-state index contributed by atoms with van der Waals surface area (Å²) in [6.07, 6.45) is 2.64. The van der Waals surface area contributed by atoms with Crippen LogP contribution in [0.25, 0.3) is 0 Å². The summed E-state index contributed by atoms with van der Waals surface area (Å²) in [4.78, 5) is 28.3. The van der Waals surface area contributed by atoms with Crippen LogP contribution < -0.4 is 10.0 Å². The molecule has 1 aromatic carbocycles. The first-order chi connectivity index (χ1) is 12.8. The maximum absolute atomic E-state index is 12.2. The van der Waals surface area contributed by atoms with Gasteiger partial charge in [-0.25, -0.2) is 13.1 Å². The predicted molar refractivity (Wildman–Crippen MR) is 103 cm³/mol. The number of hydrogen-bond donors (Lipinski definition) is 2. The Morgan fingerprint density at radius 1 is 1.22 bits per heavy atom. The van der Waals surface area contributed by atoms with Crippen molar-refractivity contribution in [2.45, 2.75) is 30.2 Å². The van der Waals surface area contributed by atoms with E-state index < -0.39 is 10.0 Å². The van der Waals surface area contributed by atoms with Crippen LogP contribution in [0.2, 0.25) is 0 Å². The molecule has 1 saturated heterocycles. The van der Waals surface area contributed by atoms with Gasteiger partial charge in [-0.2, -0.15) is 0 Å². The summed E-state index contributed by atoms with van der Waals surface area (Å²) >= 11 is 0. The topological polar surface area (TPSA) is 98.8 Å². The number of likely N-dealkylation sites (N-methyl/N-ethyl adjacent to an activating group) is 1. The Kier molecular flexibility index (Phi) is 7.34. The fourth-order valence-corrected chi connectivity index (χ4v) is 3.89. The number of benzene rings is 1. The Morgan fingerprint density at radius 2 is 1.89 bits per heavy atom. The third kappa shape index (κ3) is 5.50. The molecule has 0 aromatic heterocycles. The second-order valence-corrected chi connectivity index (χ2v) is 8.65. The number of carbonyl (C=O) groups is 2. The summed E-state index contributed by atoms with van der Waals surface area (Å²) in [6, 6.07) is 5.74. The van der Waals surface area contributed by atoms with Crippen molar-refractivity contribution in [3.05, 3.63) is 29.8 Å². The van der Waals surface area contributed by atoms with Gasteiger partial charge in [0.1, 0.15) is 0 Å². The van der Waals surface area contributed by atoms with Gasteiger partial charge in [0.05, 0.1) is 10.9 Å². The van der Waals surface area contributed by atoms with E-state index in [9.17, 15) is 18.0 Å². The van der Waals surface area contributed by atoms with Crippen molar-refractivity contribution in [1.82, 2.24) is 19.8 Å². The first kappa shape index (κ1) is 21.3. The molecular weight excluding hydrogens is 368 g/mol. The number of hydrogen-bond acceptors (Lipinski definition) is 5. The van der Waals surface area contributed by atoms with Gasteiger partial charge in [0.15, 0.2) is 0 Å². The van der Waals surface area contributed by atoms with Crippen molar-refractivity contribution < 1.29 is 18.0 Å². The van der Waals surface area contributed by atoms with Gasteiger partial charge < -0.3 is 10.2 Å². The largest absolute Gasteiger partial charge is 0.352 e. The van der Waals surface area contributed by atoms with Crippen LogP contribution in [0.3, 0.4) is 0 Å². The average molecular weight is 397 g/mol. The minimum atomic E-state index is -3.51. The van der Waals surface area contributed by atoms with Gasteiger partial charge >= 0.3 is 0 Å². The second-order valence-electron chi connectivity index (χ2n) is 6.77. The Balaban J connectivity index is 1.80. The number of rotatable bonds is 8. The Bertz CT molecular complexity index is 762. The highest BCUT2D eigenvalue weighted by atomic mass is 32.2. The molecule has 1 aromatic rings. The number of nitrogens with zero attached hydrogens (tertiary/aromatic N) is 2. The lowest BCUT2D eigenvalue weighted by molar-refractivity contribution is -0.133. The van der Waals surface area contributed by atoms with Gasteiger partial charge in [-0.15, -0.1) is 0 Å². The predicted octanol–water partition coefficient (Wildman–Crippen LogP) is 0.267. The molecule has 1 aliphatic heterocycles. The van der Waals surface area contributed by atoms with E-state index in [1.165, 1.54) is 31.3 Å². The normalized spacial score (nSPS) is 17.7. The highest BCUT2D eigenvalue weighted by Crippen LogP contribution is 2.18. The van der Waals surface area contributed by atoms with Crippen LogP contribution in [0, 0.1) is 0 Å². The van der Waals surface area contributed by atoms with E-state index in [-0.39, 0.29) is 22.8 Å². The lowest BCUT2D eigenvalue weighted by atomic mass is 10.2. The molecule has 2 amide bonds. The highest BCUT2D eigenvalue weighted by molar-refractivity contribution is 7.89. The molecule has 0 saturated carbocycles. The molecule has 27 heavy (non-hydrogen) atoms. The summed E-state index contributed by atoms with van der Waals surface area (Å²) in [5, 5.41) is 2.84. The van der Waals surface area contributed by atoms with Crippen LogP contribution in [0.5, 0.6) is 0 Å². The monoisotopic (exact) mass is 396 g/mol. The number of carbonyl (C=O) groups excluding carboxylic acids is 2. The van der Waals surface area contributed by atoms with Crippen LogP contribution in [-0.2, 0) is 14.8 Å². The smallest absolute Gasteiger partial charge is 0.251 e. The molecule has 0 radical (unpaired) electrons. The summed E-state index contributed by atoms with van der Waals surface area (Å²) < 4.78 is 25.6. The lowest BCUT2D eigenvalue weighted by Gasteiger charge is -2.26. The minimum Gasteiger partial charge on any atom is -0.352 e. The maximum Gasteiger partial charge on any atom is 0.251 e. The third-order valence-electron chi connectivity index (χ3n) is 4.69. The van der Waals surface area contributed by atoms with Gasteiger partial charge in [0.2, 0.25) is 15.9 Å². The van der Waals surface area contributed by atoms with Crippen molar-refractivity contribution in [1.29, 1.82) is 0 Å². The molecule has 2 N–H and O–H groups in total. The van der Waals surface area contributed by atoms with Gasteiger partial charge in [-0.3, -0.25) is 14.5 Å².